The summed E-state index contributed by atoms with van der Waals surface area (Å²) in [4.78, 5) is 11.6. The molecule has 0 spiro atoms. The number of anilines is 1. The SMILES string of the molecule is Cc1cc(OCC(=O)Nc2ccc(OC(F)F)cc2)no1. The van der Waals surface area contributed by atoms with E-state index in [-0.39, 0.29) is 18.2 Å². The van der Waals surface area contributed by atoms with Crippen molar-refractivity contribution in [3.05, 3.63) is 36.1 Å². The lowest BCUT2D eigenvalue weighted by atomic mass is 10.3. The first-order valence-electron chi connectivity index (χ1n) is 5.94. The lowest BCUT2D eigenvalue weighted by Gasteiger charge is -2.07. The number of halogens is 2. The van der Waals surface area contributed by atoms with Crippen LogP contribution in [0, 0.1) is 6.92 Å². The zero-order valence-electron chi connectivity index (χ0n) is 11.0. The first kappa shape index (κ1) is 14.8. The zero-order chi connectivity index (χ0) is 15.2. The van der Waals surface area contributed by atoms with E-state index in [4.69, 9.17) is 9.26 Å². The minimum absolute atomic E-state index is 0.0114. The quantitative estimate of drug-likeness (QED) is 0.887. The van der Waals surface area contributed by atoms with Crippen LogP contribution in [-0.4, -0.2) is 24.3 Å². The van der Waals surface area contributed by atoms with Gasteiger partial charge in [-0.05, 0) is 36.3 Å². The van der Waals surface area contributed by atoms with Crippen molar-refractivity contribution in [2.75, 3.05) is 11.9 Å². The zero-order valence-corrected chi connectivity index (χ0v) is 11.0. The molecule has 0 aliphatic rings. The molecule has 0 saturated carbocycles. The Hall–Kier alpha value is -2.64. The molecule has 1 aromatic carbocycles. The summed E-state index contributed by atoms with van der Waals surface area (Å²) in [6, 6.07) is 7.07. The van der Waals surface area contributed by atoms with E-state index in [0.717, 1.165) is 0 Å². The van der Waals surface area contributed by atoms with Crippen LogP contribution in [0.1, 0.15) is 5.76 Å². The molecule has 0 radical (unpaired) electrons. The molecule has 112 valence electrons. The average Bonchev–Trinajstić information content (AvgIpc) is 2.84. The lowest BCUT2D eigenvalue weighted by molar-refractivity contribution is -0.118. The van der Waals surface area contributed by atoms with Crippen LogP contribution < -0.4 is 14.8 Å². The number of carbonyl (C=O) groups excluding carboxylic acids is 1. The minimum atomic E-state index is -2.88. The fraction of sp³-hybridized carbons (Fsp3) is 0.231. The maximum atomic E-state index is 12.0. The average molecular weight is 298 g/mol. The van der Waals surface area contributed by atoms with Gasteiger partial charge in [0.25, 0.3) is 11.8 Å². The van der Waals surface area contributed by atoms with Gasteiger partial charge in [-0.3, -0.25) is 4.79 Å². The molecule has 6 nitrogen and oxygen atoms in total. The van der Waals surface area contributed by atoms with Crippen molar-refractivity contribution in [3.63, 3.8) is 0 Å². The maximum Gasteiger partial charge on any atom is 0.387 e. The van der Waals surface area contributed by atoms with Crippen molar-refractivity contribution in [2.24, 2.45) is 0 Å². The lowest BCUT2D eigenvalue weighted by Crippen LogP contribution is -2.20. The number of aryl methyl sites for hydroxylation is 1. The van der Waals surface area contributed by atoms with E-state index in [9.17, 15) is 13.6 Å². The Morgan fingerprint density at radius 3 is 2.67 bits per heavy atom. The Morgan fingerprint density at radius 1 is 1.38 bits per heavy atom. The van der Waals surface area contributed by atoms with Crippen LogP contribution in [0.5, 0.6) is 11.6 Å². The molecule has 2 rings (SSSR count). The second kappa shape index (κ2) is 6.69. The predicted molar refractivity (Wildman–Crippen MR) is 68.4 cm³/mol. The molecule has 1 amide bonds. The van der Waals surface area contributed by atoms with Gasteiger partial charge < -0.3 is 19.3 Å². The number of aromatic nitrogens is 1. The van der Waals surface area contributed by atoms with E-state index < -0.39 is 12.5 Å². The van der Waals surface area contributed by atoms with Gasteiger partial charge in [-0.2, -0.15) is 8.78 Å². The van der Waals surface area contributed by atoms with E-state index in [1.165, 1.54) is 24.3 Å². The number of nitrogens with zero attached hydrogens (tertiary/aromatic N) is 1. The number of alkyl halides is 2. The van der Waals surface area contributed by atoms with E-state index in [0.29, 0.717) is 11.4 Å². The first-order chi connectivity index (χ1) is 10.0. The standard InChI is InChI=1S/C13H12F2N2O4/c1-8-6-12(17-21-8)19-7-11(18)16-9-2-4-10(5-3-9)20-13(14)15/h2-6,13H,7H2,1H3,(H,16,18). The van der Waals surface area contributed by atoms with Gasteiger partial charge in [0, 0.05) is 11.8 Å². The summed E-state index contributed by atoms with van der Waals surface area (Å²) in [5.41, 5.74) is 0.432. The van der Waals surface area contributed by atoms with Crippen molar-refractivity contribution in [3.8, 4) is 11.6 Å². The monoisotopic (exact) mass is 298 g/mol. The van der Waals surface area contributed by atoms with Crippen molar-refractivity contribution in [1.29, 1.82) is 0 Å². The van der Waals surface area contributed by atoms with Gasteiger partial charge in [0.15, 0.2) is 6.61 Å². The Labute approximate surface area is 118 Å². The van der Waals surface area contributed by atoms with Gasteiger partial charge in [0.1, 0.15) is 11.5 Å². The third-order valence-corrected chi connectivity index (χ3v) is 2.32. The normalized spacial score (nSPS) is 10.5. The fourth-order valence-corrected chi connectivity index (χ4v) is 1.47. The molecule has 0 aliphatic heterocycles. The van der Waals surface area contributed by atoms with Crippen molar-refractivity contribution < 1.29 is 27.6 Å². The highest BCUT2D eigenvalue weighted by atomic mass is 19.3. The summed E-state index contributed by atoms with van der Waals surface area (Å²) in [6.07, 6.45) is 0. The summed E-state index contributed by atoms with van der Waals surface area (Å²) in [5, 5.41) is 6.10. The number of hydrogen-bond donors (Lipinski definition) is 1. The van der Waals surface area contributed by atoms with Crippen LogP contribution in [0.25, 0.3) is 0 Å². The number of amides is 1. The Balaban J connectivity index is 1.82. The second-order valence-electron chi connectivity index (χ2n) is 4.02. The van der Waals surface area contributed by atoms with Crippen molar-refractivity contribution in [2.45, 2.75) is 13.5 Å². The molecule has 0 fully saturated rings. The molecule has 8 heteroatoms. The summed E-state index contributed by atoms with van der Waals surface area (Å²) in [5.74, 6) is 0.374. The molecule has 0 bridgehead atoms. The van der Waals surface area contributed by atoms with Gasteiger partial charge in [-0.1, -0.05) is 0 Å². The molecule has 1 N–H and O–H groups in total. The molecule has 0 atom stereocenters. The molecule has 21 heavy (non-hydrogen) atoms. The molecule has 0 saturated heterocycles. The summed E-state index contributed by atoms with van der Waals surface area (Å²) in [7, 11) is 0. The van der Waals surface area contributed by atoms with Crippen LogP contribution in [0.15, 0.2) is 34.9 Å². The third kappa shape index (κ3) is 4.75. The van der Waals surface area contributed by atoms with Gasteiger partial charge in [-0.15, -0.1) is 0 Å². The molecule has 1 aromatic heterocycles. The number of rotatable bonds is 6. The van der Waals surface area contributed by atoms with Crippen LogP contribution >= 0.6 is 0 Å². The van der Waals surface area contributed by atoms with Gasteiger partial charge >= 0.3 is 6.61 Å². The highest BCUT2D eigenvalue weighted by Gasteiger charge is 2.08. The molecular formula is C13H12F2N2O4. The van der Waals surface area contributed by atoms with Crippen LogP contribution in [-0.2, 0) is 4.79 Å². The maximum absolute atomic E-state index is 12.0. The first-order valence-corrected chi connectivity index (χ1v) is 5.94. The molecule has 0 unspecified atom stereocenters. The second-order valence-corrected chi connectivity index (χ2v) is 4.02. The summed E-state index contributed by atoms with van der Waals surface area (Å²) >= 11 is 0. The van der Waals surface area contributed by atoms with Crippen LogP contribution in [0.4, 0.5) is 14.5 Å². The van der Waals surface area contributed by atoms with E-state index >= 15 is 0 Å². The largest absolute Gasteiger partial charge is 0.465 e. The number of ether oxygens (including phenoxy) is 2. The van der Waals surface area contributed by atoms with E-state index in [1.54, 1.807) is 13.0 Å². The van der Waals surface area contributed by atoms with Crippen LogP contribution in [0.3, 0.4) is 0 Å². The highest BCUT2D eigenvalue weighted by molar-refractivity contribution is 5.91. The smallest absolute Gasteiger partial charge is 0.387 e. The third-order valence-electron chi connectivity index (χ3n) is 2.32. The van der Waals surface area contributed by atoms with Crippen molar-refractivity contribution in [1.82, 2.24) is 5.16 Å². The molecule has 2 aromatic rings. The number of benzene rings is 1. The number of nitrogens with one attached hydrogen (secondary N) is 1. The van der Waals surface area contributed by atoms with E-state index in [1.807, 2.05) is 0 Å². The Bertz CT molecular complexity index is 598. The molecule has 0 aliphatic carbocycles. The topological polar surface area (TPSA) is 73.6 Å². The Morgan fingerprint density at radius 2 is 2.10 bits per heavy atom. The van der Waals surface area contributed by atoms with Gasteiger partial charge in [-0.25, -0.2) is 0 Å². The Kier molecular flexibility index (Phi) is 4.70. The number of hydrogen-bond acceptors (Lipinski definition) is 5. The predicted octanol–water partition coefficient (Wildman–Crippen LogP) is 2.60. The minimum Gasteiger partial charge on any atom is -0.465 e. The fourth-order valence-electron chi connectivity index (χ4n) is 1.47. The van der Waals surface area contributed by atoms with Crippen molar-refractivity contribution >= 4 is 11.6 Å². The van der Waals surface area contributed by atoms with Gasteiger partial charge in [0.2, 0.25) is 0 Å². The van der Waals surface area contributed by atoms with E-state index in [2.05, 4.69) is 15.2 Å². The summed E-state index contributed by atoms with van der Waals surface area (Å²) in [6.45, 7) is -1.44. The molecular weight excluding hydrogens is 286 g/mol. The van der Waals surface area contributed by atoms with Crippen LogP contribution in [0.2, 0.25) is 0 Å². The van der Waals surface area contributed by atoms with Gasteiger partial charge in [0.05, 0.1) is 0 Å². The number of carbonyl (C=O) groups is 1. The highest BCUT2D eigenvalue weighted by Crippen LogP contribution is 2.17. The summed E-state index contributed by atoms with van der Waals surface area (Å²) < 4.78 is 38.0. The molecule has 1 heterocycles.